The fourth-order valence-electron chi connectivity index (χ4n) is 3.39. The van der Waals surface area contributed by atoms with Gasteiger partial charge < -0.3 is 14.5 Å². The minimum Gasteiger partial charge on any atom is -0.495 e. The summed E-state index contributed by atoms with van der Waals surface area (Å²) in [7, 11) is 1.55. The third kappa shape index (κ3) is 3.18. The summed E-state index contributed by atoms with van der Waals surface area (Å²) in [5.74, 6) is 0.537. The Morgan fingerprint density at radius 3 is 2.89 bits per heavy atom. The largest absolute Gasteiger partial charge is 0.495 e. The van der Waals surface area contributed by atoms with Crippen molar-refractivity contribution < 1.29 is 18.7 Å². The molecule has 8 heteroatoms. The Labute approximate surface area is 170 Å². The van der Waals surface area contributed by atoms with Gasteiger partial charge in [0, 0.05) is 34.6 Å². The first-order valence-electron chi connectivity index (χ1n) is 8.96. The van der Waals surface area contributed by atoms with Crippen LogP contribution in [0.5, 0.6) is 5.75 Å². The number of anilines is 1. The van der Waals surface area contributed by atoms with E-state index >= 15 is 0 Å². The molecule has 2 heterocycles. The van der Waals surface area contributed by atoms with Crippen LogP contribution in [0.2, 0.25) is 5.02 Å². The van der Waals surface area contributed by atoms with Gasteiger partial charge in [-0.05, 0) is 18.6 Å². The van der Waals surface area contributed by atoms with Crippen LogP contribution in [-0.4, -0.2) is 23.8 Å². The van der Waals surface area contributed by atoms with E-state index in [1.54, 1.807) is 19.2 Å². The van der Waals surface area contributed by atoms with Gasteiger partial charge >= 0.3 is 0 Å². The molecule has 0 bridgehead atoms. The SMILES string of the molecule is COc1ccc2oc3c(c2c1Cl)CC(c1csc(NC(=O)C(C)C)n1)CC3=O. The van der Waals surface area contributed by atoms with Gasteiger partial charge in [0.1, 0.15) is 11.3 Å². The van der Waals surface area contributed by atoms with E-state index in [0.717, 1.165) is 16.6 Å². The maximum Gasteiger partial charge on any atom is 0.228 e. The number of nitrogens with zero attached hydrogens (tertiary/aromatic N) is 1. The summed E-state index contributed by atoms with van der Waals surface area (Å²) in [5.41, 5.74) is 2.16. The summed E-state index contributed by atoms with van der Waals surface area (Å²) >= 11 is 7.86. The molecule has 3 aromatic rings. The first-order chi connectivity index (χ1) is 13.4. The molecule has 0 saturated carbocycles. The highest BCUT2D eigenvalue weighted by Crippen LogP contribution is 2.43. The van der Waals surface area contributed by atoms with Crippen LogP contribution in [0.1, 0.15) is 48.0 Å². The first-order valence-corrected chi connectivity index (χ1v) is 10.2. The van der Waals surface area contributed by atoms with Crippen molar-refractivity contribution >= 4 is 50.7 Å². The van der Waals surface area contributed by atoms with Crippen LogP contribution in [0.15, 0.2) is 21.9 Å². The van der Waals surface area contributed by atoms with E-state index in [9.17, 15) is 9.59 Å². The summed E-state index contributed by atoms with van der Waals surface area (Å²) in [6.07, 6.45) is 0.894. The van der Waals surface area contributed by atoms with Gasteiger partial charge in [0.2, 0.25) is 5.91 Å². The number of aromatic nitrogens is 1. The number of benzene rings is 1. The molecule has 1 N–H and O–H groups in total. The third-order valence-electron chi connectivity index (χ3n) is 4.91. The fraction of sp³-hybridized carbons (Fsp3) is 0.350. The molecule has 1 amide bonds. The molecule has 4 rings (SSSR count). The molecule has 1 unspecified atom stereocenters. The number of ether oxygens (including phenoxy) is 1. The Bertz CT molecular complexity index is 1090. The van der Waals surface area contributed by atoms with Crippen molar-refractivity contribution in [1.82, 2.24) is 4.98 Å². The van der Waals surface area contributed by atoms with Crippen LogP contribution in [0.25, 0.3) is 11.0 Å². The van der Waals surface area contributed by atoms with Crippen LogP contribution >= 0.6 is 22.9 Å². The predicted molar refractivity (Wildman–Crippen MR) is 109 cm³/mol. The predicted octanol–water partition coefficient (Wildman–Crippen LogP) is 5.06. The lowest BCUT2D eigenvalue weighted by Gasteiger charge is -2.19. The quantitative estimate of drug-likeness (QED) is 0.640. The number of hydrogen-bond donors (Lipinski definition) is 1. The van der Waals surface area contributed by atoms with Crippen molar-refractivity contribution in [3.8, 4) is 5.75 Å². The molecule has 28 heavy (non-hydrogen) atoms. The van der Waals surface area contributed by atoms with E-state index in [1.807, 2.05) is 19.2 Å². The normalized spacial score (nSPS) is 16.5. The van der Waals surface area contributed by atoms with Crippen LogP contribution in [0, 0.1) is 5.92 Å². The molecule has 0 spiro atoms. The maximum atomic E-state index is 12.7. The summed E-state index contributed by atoms with van der Waals surface area (Å²) in [5, 5.41) is 6.41. The highest BCUT2D eigenvalue weighted by Gasteiger charge is 2.33. The lowest BCUT2D eigenvalue weighted by atomic mass is 9.84. The number of nitrogens with one attached hydrogen (secondary N) is 1. The van der Waals surface area contributed by atoms with E-state index in [0.29, 0.717) is 40.1 Å². The number of Topliss-reactive ketones (excluding diaryl/α,β-unsaturated/α-hetero) is 1. The second-order valence-corrected chi connectivity index (χ2v) is 8.35. The van der Waals surface area contributed by atoms with Crippen molar-refractivity contribution in [3.63, 3.8) is 0 Å². The second kappa shape index (κ2) is 7.22. The lowest BCUT2D eigenvalue weighted by Crippen LogP contribution is -2.19. The molecule has 1 aromatic carbocycles. The van der Waals surface area contributed by atoms with Crippen molar-refractivity contribution in [3.05, 3.63) is 39.6 Å². The Kier molecular flexibility index (Phi) is 4.89. The van der Waals surface area contributed by atoms with Crippen LogP contribution in [-0.2, 0) is 11.2 Å². The van der Waals surface area contributed by atoms with Crippen LogP contribution in [0.4, 0.5) is 5.13 Å². The molecule has 6 nitrogen and oxygen atoms in total. The highest BCUT2D eigenvalue weighted by atomic mass is 35.5. The number of amides is 1. The van der Waals surface area contributed by atoms with Gasteiger partial charge in [-0.1, -0.05) is 25.4 Å². The zero-order chi connectivity index (χ0) is 20.0. The molecule has 0 aliphatic heterocycles. The number of rotatable bonds is 4. The smallest absolute Gasteiger partial charge is 0.228 e. The van der Waals surface area contributed by atoms with Crippen molar-refractivity contribution in [1.29, 1.82) is 0 Å². The van der Waals surface area contributed by atoms with E-state index in [4.69, 9.17) is 20.8 Å². The Morgan fingerprint density at radius 1 is 1.39 bits per heavy atom. The fourth-order valence-corrected chi connectivity index (χ4v) is 4.54. The molecule has 1 aliphatic carbocycles. The van der Waals surface area contributed by atoms with Gasteiger partial charge in [-0.25, -0.2) is 4.98 Å². The number of ketones is 1. The van der Waals surface area contributed by atoms with Crippen LogP contribution < -0.4 is 10.1 Å². The first kappa shape index (κ1) is 19.0. The molecule has 146 valence electrons. The molecular formula is C20H19ClN2O4S. The zero-order valence-corrected chi connectivity index (χ0v) is 17.2. The van der Waals surface area contributed by atoms with Crippen molar-refractivity contribution in [2.24, 2.45) is 5.92 Å². The number of fused-ring (bicyclic) bond motifs is 3. The van der Waals surface area contributed by atoms with Gasteiger partial charge in [0.05, 0.1) is 17.8 Å². The highest BCUT2D eigenvalue weighted by molar-refractivity contribution is 7.13. The Balaban J connectivity index is 1.68. The molecule has 0 saturated heterocycles. The van der Waals surface area contributed by atoms with Crippen molar-refractivity contribution in [2.75, 3.05) is 12.4 Å². The van der Waals surface area contributed by atoms with Gasteiger partial charge in [-0.3, -0.25) is 9.59 Å². The number of carbonyl (C=O) groups is 2. The number of thiazole rings is 1. The standard InChI is InChI=1S/C20H19ClN2O4S/c1-9(2)19(25)23-20-22-12(8-28-20)10-6-11-16-14(27-18(11)13(24)7-10)4-5-15(26-3)17(16)21/h4-5,8-10H,6-7H2,1-3H3,(H,22,23,25). The summed E-state index contributed by atoms with van der Waals surface area (Å²) in [6.45, 7) is 3.65. The average Bonchev–Trinajstić information content (AvgIpc) is 3.27. The minimum absolute atomic E-state index is 0.0711. The van der Waals surface area contributed by atoms with E-state index in [-0.39, 0.29) is 23.5 Å². The monoisotopic (exact) mass is 418 g/mol. The molecule has 1 atom stereocenters. The molecule has 0 radical (unpaired) electrons. The van der Waals surface area contributed by atoms with Gasteiger partial charge in [0.15, 0.2) is 16.7 Å². The van der Waals surface area contributed by atoms with E-state index in [1.165, 1.54) is 11.3 Å². The Morgan fingerprint density at radius 2 is 2.18 bits per heavy atom. The minimum atomic E-state index is -0.124. The van der Waals surface area contributed by atoms with Crippen LogP contribution in [0.3, 0.4) is 0 Å². The van der Waals surface area contributed by atoms with Gasteiger partial charge in [0.25, 0.3) is 0 Å². The average molecular weight is 419 g/mol. The summed E-state index contributed by atoms with van der Waals surface area (Å²) in [4.78, 5) is 29.1. The zero-order valence-electron chi connectivity index (χ0n) is 15.7. The van der Waals surface area contributed by atoms with Gasteiger partial charge in [-0.2, -0.15) is 0 Å². The molecule has 2 aromatic heterocycles. The molecule has 0 fully saturated rings. The topological polar surface area (TPSA) is 81.4 Å². The lowest BCUT2D eigenvalue weighted by molar-refractivity contribution is -0.118. The number of furan rings is 1. The molecular weight excluding hydrogens is 400 g/mol. The number of carbonyl (C=O) groups excluding carboxylic acids is 2. The maximum absolute atomic E-state index is 12.7. The Hall–Kier alpha value is -2.38. The van der Waals surface area contributed by atoms with E-state index in [2.05, 4.69) is 10.3 Å². The number of halogens is 1. The number of methoxy groups -OCH3 is 1. The third-order valence-corrected chi connectivity index (χ3v) is 6.06. The molecule has 1 aliphatic rings. The second-order valence-electron chi connectivity index (χ2n) is 7.11. The summed E-state index contributed by atoms with van der Waals surface area (Å²) < 4.78 is 11.1. The van der Waals surface area contributed by atoms with Crippen molar-refractivity contribution in [2.45, 2.75) is 32.6 Å². The van der Waals surface area contributed by atoms with Gasteiger partial charge in [-0.15, -0.1) is 11.3 Å². The number of hydrogen-bond acceptors (Lipinski definition) is 6. The van der Waals surface area contributed by atoms with E-state index < -0.39 is 0 Å². The summed E-state index contributed by atoms with van der Waals surface area (Å²) in [6, 6.07) is 3.49.